The van der Waals surface area contributed by atoms with E-state index in [4.69, 9.17) is 0 Å². The molecule has 3 atom stereocenters. The molecular weight excluding hydrogens is 414 g/mol. The Balaban J connectivity index is 0.000000207. The highest BCUT2D eigenvalue weighted by Gasteiger charge is 2.24. The van der Waals surface area contributed by atoms with Gasteiger partial charge >= 0.3 is 0 Å². The highest BCUT2D eigenvalue weighted by molar-refractivity contribution is 7.99. The van der Waals surface area contributed by atoms with E-state index in [-0.39, 0.29) is 6.04 Å². The number of nitrogens with one attached hydrogen (secondary N) is 1. The molecule has 2 N–H and O–H groups in total. The van der Waals surface area contributed by atoms with Gasteiger partial charge in [0.15, 0.2) is 0 Å². The number of fused-ring (bicyclic) bond motifs is 2. The van der Waals surface area contributed by atoms with Gasteiger partial charge in [-0.25, -0.2) is 0 Å². The maximum atomic E-state index is 9.73. The quantitative estimate of drug-likeness (QED) is 0.515. The maximum absolute atomic E-state index is 9.73. The zero-order valence-electron chi connectivity index (χ0n) is 19.7. The highest BCUT2D eigenvalue weighted by Crippen LogP contribution is 2.47. The molecule has 0 fully saturated rings. The first-order valence-corrected chi connectivity index (χ1v) is 11.9. The molecule has 0 radical (unpaired) electrons. The summed E-state index contributed by atoms with van der Waals surface area (Å²) in [7, 11) is 6.12. The van der Waals surface area contributed by atoms with Gasteiger partial charge in [-0.2, -0.15) is 0 Å². The van der Waals surface area contributed by atoms with Crippen LogP contribution in [-0.2, 0) is 0 Å². The van der Waals surface area contributed by atoms with Gasteiger partial charge in [-0.15, -0.1) is 0 Å². The number of anilines is 2. The van der Waals surface area contributed by atoms with E-state index < -0.39 is 6.10 Å². The van der Waals surface area contributed by atoms with E-state index in [2.05, 4.69) is 84.7 Å². The molecule has 0 aliphatic carbocycles. The normalized spacial score (nSPS) is 15.2. The summed E-state index contributed by atoms with van der Waals surface area (Å²) in [4.78, 5) is 7.41. The molecule has 3 aromatic carbocycles. The van der Waals surface area contributed by atoms with Gasteiger partial charge in [0.2, 0.25) is 0 Å². The van der Waals surface area contributed by atoms with Crippen LogP contribution in [0.2, 0.25) is 0 Å². The molecule has 0 aromatic heterocycles. The van der Waals surface area contributed by atoms with Gasteiger partial charge < -0.3 is 20.2 Å². The zero-order valence-corrected chi connectivity index (χ0v) is 20.5. The molecule has 170 valence electrons. The van der Waals surface area contributed by atoms with Gasteiger partial charge in [-0.05, 0) is 64.8 Å². The lowest BCUT2D eigenvalue weighted by Crippen LogP contribution is -2.37. The summed E-state index contributed by atoms with van der Waals surface area (Å²) in [5.41, 5.74) is 3.61. The SMILES string of the molecule is CC(CN1c2ccccc2Sc2ccccc21)N(C)C.CNC(C)C(O)c1ccccc1. The van der Waals surface area contributed by atoms with Gasteiger partial charge in [0.05, 0.1) is 17.5 Å². The van der Waals surface area contributed by atoms with Crippen LogP contribution in [0.5, 0.6) is 0 Å². The van der Waals surface area contributed by atoms with Crippen molar-refractivity contribution in [2.24, 2.45) is 0 Å². The number of hydrogen-bond acceptors (Lipinski definition) is 5. The Morgan fingerprint density at radius 2 is 1.34 bits per heavy atom. The third-order valence-corrected chi connectivity index (χ3v) is 7.06. The molecule has 4 nitrogen and oxygen atoms in total. The number of likely N-dealkylation sites (N-methyl/N-ethyl adjacent to an activating group) is 2. The van der Waals surface area contributed by atoms with Crippen molar-refractivity contribution >= 4 is 23.1 Å². The van der Waals surface area contributed by atoms with Gasteiger partial charge in [0.1, 0.15) is 0 Å². The molecule has 0 saturated heterocycles. The topological polar surface area (TPSA) is 38.7 Å². The molecule has 0 bridgehead atoms. The zero-order chi connectivity index (χ0) is 23.1. The van der Waals surface area contributed by atoms with Crippen molar-refractivity contribution in [3.05, 3.63) is 84.4 Å². The fourth-order valence-electron chi connectivity index (χ4n) is 3.50. The number of hydrogen-bond donors (Lipinski definition) is 2. The number of rotatable bonds is 6. The van der Waals surface area contributed by atoms with E-state index in [9.17, 15) is 5.11 Å². The minimum absolute atomic E-state index is 0.0902. The summed E-state index contributed by atoms with van der Waals surface area (Å²) in [6.45, 7) is 5.23. The second-order valence-electron chi connectivity index (χ2n) is 8.39. The number of benzene rings is 3. The molecule has 0 spiro atoms. The Morgan fingerprint density at radius 1 is 0.844 bits per heavy atom. The molecule has 3 unspecified atom stereocenters. The van der Waals surface area contributed by atoms with Crippen LogP contribution >= 0.6 is 11.8 Å². The summed E-state index contributed by atoms with van der Waals surface area (Å²) >= 11 is 1.87. The van der Waals surface area contributed by atoms with Crippen molar-refractivity contribution in [3.63, 3.8) is 0 Å². The van der Waals surface area contributed by atoms with E-state index in [1.807, 2.05) is 56.1 Å². The summed E-state index contributed by atoms with van der Waals surface area (Å²) in [5, 5.41) is 12.7. The maximum Gasteiger partial charge on any atom is 0.0940 e. The predicted molar refractivity (Wildman–Crippen MR) is 137 cm³/mol. The van der Waals surface area contributed by atoms with Crippen molar-refractivity contribution in [2.75, 3.05) is 32.6 Å². The van der Waals surface area contributed by atoms with Crippen LogP contribution in [0.3, 0.4) is 0 Å². The summed E-state index contributed by atoms with van der Waals surface area (Å²) in [6, 6.07) is 27.6. The molecule has 0 amide bonds. The first-order valence-electron chi connectivity index (χ1n) is 11.1. The Morgan fingerprint density at radius 3 is 1.84 bits per heavy atom. The minimum Gasteiger partial charge on any atom is -0.387 e. The van der Waals surface area contributed by atoms with Crippen LogP contribution in [0, 0.1) is 0 Å². The second-order valence-corrected chi connectivity index (χ2v) is 9.48. The second kappa shape index (κ2) is 11.5. The first kappa shape index (κ1) is 24.3. The number of aliphatic hydroxyl groups excluding tert-OH is 1. The van der Waals surface area contributed by atoms with Gasteiger partial charge in [0.25, 0.3) is 0 Å². The standard InChI is InChI=1S/C17H20N2S.C10H15NO/c1-13(18(2)3)12-19-14-8-4-6-10-16(14)20-17-11-7-5-9-15(17)19;1-8(11-2)10(12)9-6-4-3-5-7-9/h4-11,13H,12H2,1-3H3;3-8,10-12H,1-2H3. The first-order chi connectivity index (χ1) is 15.4. The molecule has 0 saturated carbocycles. The highest BCUT2D eigenvalue weighted by atomic mass is 32.2. The minimum atomic E-state index is -0.420. The summed E-state index contributed by atoms with van der Waals surface area (Å²) in [6.07, 6.45) is -0.420. The lowest BCUT2D eigenvalue weighted by atomic mass is 10.0. The average molecular weight is 450 g/mol. The molecule has 1 heterocycles. The van der Waals surface area contributed by atoms with Crippen LogP contribution in [0.25, 0.3) is 0 Å². The van der Waals surface area contributed by atoms with Crippen molar-refractivity contribution in [3.8, 4) is 0 Å². The van der Waals surface area contributed by atoms with E-state index >= 15 is 0 Å². The average Bonchev–Trinajstić information content (AvgIpc) is 2.83. The van der Waals surface area contributed by atoms with Crippen LogP contribution in [-0.4, -0.2) is 49.8 Å². The van der Waals surface area contributed by atoms with Gasteiger partial charge in [0, 0.05) is 28.4 Å². The van der Waals surface area contributed by atoms with Gasteiger partial charge in [-0.3, -0.25) is 0 Å². The van der Waals surface area contributed by atoms with E-state index in [1.165, 1.54) is 21.2 Å². The summed E-state index contributed by atoms with van der Waals surface area (Å²) < 4.78 is 0. The molecule has 32 heavy (non-hydrogen) atoms. The molecule has 1 aliphatic heterocycles. The number of aliphatic hydroxyl groups is 1. The van der Waals surface area contributed by atoms with Crippen LogP contribution in [0.15, 0.2) is 88.7 Å². The molecule has 3 aromatic rings. The van der Waals surface area contributed by atoms with Gasteiger partial charge in [-0.1, -0.05) is 66.4 Å². The Hall–Kier alpha value is -2.31. The molecular formula is C27H35N3OS. The number of nitrogens with zero attached hydrogens (tertiary/aromatic N) is 2. The fraction of sp³-hybridized carbons (Fsp3) is 0.333. The van der Waals surface area contributed by atoms with Crippen molar-refractivity contribution in [1.82, 2.24) is 10.2 Å². The largest absolute Gasteiger partial charge is 0.387 e. The van der Waals surface area contributed by atoms with Crippen LogP contribution in [0.4, 0.5) is 11.4 Å². The Labute approximate surface area is 197 Å². The molecule has 5 heteroatoms. The van der Waals surface area contributed by atoms with Crippen molar-refractivity contribution in [1.29, 1.82) is 0 Å². The van der Waals surface area contributed by atoms with E-state index in [1.54, 1.807) is 0 Å². The van der Waals surface area contributed by atoms with E-state index in [0.717, 1.165) is 12.1 Å². The lowest BCUT2D eigenvalue weighted by Gasteiger charge is -2.36. The monoisotopic (exact) mass is 449 g/mol. The smallest absolute Gasteiger partial charge is 0.0940 e. The van der Waals surface area contributed by atoms with Crippen molar-refractivity contribution in [2.45, 2.75) is 41.8 Å². The summed E-state index contributed by atoms with van der Waals surface area (Å²) in [5.74, 6) is 0. The predicted octanol–water partition coefficient (Wildman–Crippen LogP) is 5.57. The lowest BCUT2D eigenvalue weighted by molar-refractivity contribution is 0.140. The van der Waals surface area contributed by atoms with E-state index in [0.29, 0.717) is 6.04 Å². The third kappa shape index (κ3) is 5.93. The Kier molecular flexibility index (Phi) is 8.76. The van der Waals surface area contributed by atoms with Crippen LogP contribution in [0.1, 0.15) is 25.5 Å². The Bertz CT molecular complexity index is 934. The van der Waals surface area contributed by atoms with Crippen LogP contribution < -0.4 is 10.2 Å². The molecule has 4 rings (SSSR count). The number of para-hydroxylation sites is 2. The fourth-order valence-corrected chi connectivity index (χ4v) is 4.60. The van der Waals surface area contributed by atoms with Crippen molar-refractivity contribution < 1.29 is 5.11 Å². The molecule has 1 aliphatic rings. The third-order valence-electron chi connectivity index (χ3n) is 5.93.